The van der Waals surface area contributed by atoms with Crippen LogP contribution in [0.15, 0.2) is 78.9 Å². The highest BCUT2D eigenvalue weighted by atomic mass is 16.5. The number of carbonyl (C=O) groups is 2. The summed E-state index contributed by atoms with van der Waals surface area (Å²) >= 11 is 0. The molecule has 2 amide bonds. The first kappa shape index (κ1) is 19.7. The van der Waals surface area contributed by atoms with Crippen LogP contribution in [-0.4, -0.2) is 29.8 Å². The lowest BCUT2D eigenvalue weighted by atomic mass is 9.90. The van der Waals surface area contributed by atoms with Gasteiger partial charge in [0, 0.05) is 30.1 Å². The largest absolute Gasteiger partial charge is 0.457 e. The van der Waals surface area contributed by atoms with Gasteiger partial charge in [0.15, 0.2) is 0 Å². The molecular weight excluding hydrogens is 376 g/mol. The van der Waals surface area contributed by atoms with Crippen molar-refractivity contribution in [1.82, 2.24) is 4.90 Å². The van der Waals surface area contributed by atoms with Gasteiger partial charge in [-0.2, -0.15) is 0 Å². The maximum Gasteiger partial charge on any atom is 0.254 e. The molecule has 30 heavy (non-hydrogen) atoms. The average molecular weight is 400 g/mol. The third-order valence-electron chi connectivity index (χ3n) is 5.44. The number of nitrogens with zero attached hydrogens (tertiary/aromatic N) is 1. The third kappa shape index (κ3) is 4.51. The molecule has 0 saturated carbocycles. The van der Waals surface area contributed by atoms with Crippen LogP contribution in [0.5, 0.6) is 11.5 Å². The topological polar surface area (TPSA) is 72.6 Å². The van der Waals surface area contributed by atoms with E-state index in [-0.39, 0.29) is 5.91 Å². The van der Waals surface area contributed by atoms with Crippen LogP contribution in [0, 0.1) is 0 Å². The summed E-state index contributed by atoms with van der Waals surface area (Å²) in [5.74, 6) is 1.05. The van der Waals surface area contributed by atoms with Crippen LogP contribution in [0.3, 0.4) is 0 Å². The van der Waals surface area contributed by atoms with Crippen molar-refractivity contribution in [2.75, 3.05) is 13.1 Å². The summed E-state index contributed by atoms with van der Waals surface area (Å²) in [7, 11) is 0. The van der Waals surface area contributed by atoms with Gasteiger partial charge in [-0.05, 0) is 60.9 Å². The third-order valence-corrected chi connectivity index (χ3v) is 5.44. The number of ether oxygens (including phenoxy) is 1. The highest BCUT2D eigenvalue weighted by Crippen LogP contribution is 2.28. The van der Waals surface area contributed by atoms with E-state index in [1.807, 2.05) is 41.3 Å². The van der Waals surface area contributed by atoms with Crippen LogP contribution in [0.25, 0.3) is 0 Å². The fourth-order valence-corrected chi connectivity index (χ4v) is 3.86. The first-order chi connectivity index (χ1) is 14.6. The molecule has 2 N–H and O–H groups in total. The summed E-state index contributed by atoms with van der Waals surface area (Å²) in [6, 6.07) is 24.2. The van der Waals surface area contributed by atoms with Crippen molar-refractivity contribution in [2.24, 2.45) is 5.73 Å². The van der Waals surface area contributed by atoms with E-state index in [9.17, 15) is 9.59 Å². The number of piperidine rings is 1. The molecule has 1 aliphatic heterocycles. The molecule has 4 rings (SSSR count). The second-order valence-electron chi connectivity index (χ2n) is 7.52. The van der Waals surface area contributed by atoms with Crippen LogP contribution >= 0.6 is 0 Å². The molecule has 0 aromatic heterocycles. The van der Waals surface area contributed by atoms with Gasteiger partial charge in [0.05, 0.1) is 0 Å². The Morgan fingerprint density at radius 3 is 2.37 bits per heavy atom. The Labute approximate surface area is 176 Å². The second kappa shape index (κ2) is 8.82. The highest BCUT2D eigenvalue weighted by molar-refractivity contribution is 5.95. The fraction of sp³-hybridized carbons (Fsp3) is 0.200. The summed E-state index contributed by atoms with van der Waals surface area (Å²) in [5.41, 5.74) is 7.58. The van der Waals surface area contributed by atoms with Crippen molar-refractivity contribution in [3.8, 4) is 11.5 Å². The molecule has 152 valence electrons. The number of benzene rings is 3. The number of hydrogen-bond acceptors (Lipinski definition) is 3. The van der Waals surface area contributed by atoms with Gasteiger partial charge in [0.1, 0.15) is 11.5 Å². The molecule has 0 bridgehead atoms. The molecule has 1 unspecified atom stereocenters. The predicted octanol–water partition coefficient (Wildman–Crippen LogP) is 4.60. The summed E-state index contributed by atoms with van der Waals surface area (Å²) in [4.78, 5) is 26.2. The Balaban J connectivity index is 1.46. The molecule has 0 spiro atoms. The zero-order valence-corrected chi connectivity index (χ0v) is 16.7. The number of hydrogen-bond donors (Lipinski definition) is 1. The van der Waals surface area contributed by atoms with Crippen LogP contribution in [0.1, 0.15) is 45.0 Å². The summed E-state index contributed by atoms with van der Waals surface area (Å²) < 4.78 is 5.86. The van der Waals surface area contributed by atoms with Crippen LogP contribution in [-0.2, 0) is 0 Å². The number of nitrogens with two attached hydrogens (primary N) is 1. The van der Waals surface area contributed by atoms with Crippen LogP contribution < -0.4 is 10.5 Å². The lowest BCUT2D eigenvalue weighted by molar-refractivity contribution is 0.0706. The van der Waals surface area contributed by atoms with E-state index in [1.54, 1.807) is 30.3 Å². The standard InChI is InChI=1S/C25H24N2O3/c26-24(28)19-11-13-22(14-12-19)30-23-10-4-8-20(16-23)25(29)27-15-5-9-21(17-27)18-6-2-1-3-7-18/h1-4,6-8,10-14,16,21H,5,9,15,17H2,(H2,26,28). The SMILES string of the molecule is NC(=O)c1ccc(Oc2cccc(C(=O)N3CCCC(c4ccccc4)C3)c2)cc1. The molecule has 0 radical (unpaired) electrons. The first-order valence-electron chi connectivity index (χ1n) is 10.1. The minimum atomic E-state index is -0.482. The normalized spacial score (nSPS) is 16.1. The number of carbonyl (C=O) groups excluding carboxylic acids is 2. The number of rotatable bonds is 5. The Morgan fingerprint density at radius 2 is 1.63 bits per heavy atom. The first-order valence-corrected chi connectivity index (χ1v) is 10.1. The molecule has 1 heterocycles. The highest BCUT2D eigenvalue weighted by Gasteiger charge is 2.25. The fourth-order valence-electron chi connectivity index (χ4n) is 3.86. The predicted molar refractivity (Wildman–Crippen MR) is 116 cm³/mol. The monoisotopic (exact) mass is 400 g/mol. The van der Waals surface area contributed by atoms with Crippen LogP contribution in [0.2, 0.25) is 0 Å². The van der Waals surface area contributed by atoms with E-state index in [4.69, 9.17) is 10.5 Å². The van der Waals surface area contributed by atoms with Crippen LogP contribution in [0.4, 0.5) is 0 Å². The van der Waals surface area contributed by atoms with E-state index in [0.717, 1.165) is 25.9 Å². The average Bonchev–Trinajstić information content (AvgIpc) is 2.80. The van der Waals surface area contributed by atoms with Gasteiger partial charge in [-0.25, -0.2) is 0 Å². The Morgan fingerprint density at radius 1 is 0.867 bits per heavy atom. The van der Waals surface area contributed by atoms with Gasteiger partial charge in [0.2, 0.25) is 5.91 Å². The van der Waals surface area contributed by atoms with E-state index in [0.29, 0.717) is 28.5 Å². The van der Waals surface area contributed by atoms with Crippen molar-refractivity contribution in [1.29, 1.82) is 0 Å². The summed E-state index contributed by atoms with van der Waals surface area (Å²) in [6.45, 7) is 1.49. The van der Waals surface area contributed by atoms with E-state index in [2.05, 4.69) is 12.1 Å². The zero-order valence-electron chi connectivity index (χ0n) is 16.7. The molecule has 3 aromatic carbocycles. The number of amides is 2. The minimum Gasteiger partial charge on any atom is -0.457 e. The quantitative estimate of drug-likeness (QED) is 0.680. The lowest BCUT2D eigenvalue weighted by Crippen LogP contribution is -2.39. The van der Waals surface area contributed by atoms with Gasteiger partial charge >= 0.3 is 0 Å². The van der Waals surface area contributed by atoms with Crippen molar-refractivity contribution in [3.05, 3.63) is 95.6 Å². The van der Waals surface area contributed by atoms with E-state index < -0.39 is 5.91 Å². The Hall–Kier alpha value is -3.60. The molecule has 1 fully saturated rings. The van der Waals surface area contributed by atoms with E-state index in [1.165, 1.54) is 5.56 Å². The van der Waals surface area contributed by atoms with Crippen molar-refractivity contribution in [3.63, 3.8) is 0 Å². The molecule has 1 atom stereocenters. The second-order valence-corrected chi connectivity index (χ2v) is 7.52. The van der Waals surface area contributed by atoms with Gasteiger partial charge in [-0.15, -0.1) is 0 Å². The molecule has 0 aliphatic carbocycles. The number of likely N-dealkylation sites (tertiary alicyclic amines) is 1. The van der Waals surface area contributed by atoms with Gasteiger partial charge in [-0.1, -0.05) is 36.4 Å². The van der Waals surface area contributed by atoms with Gasteiger partial charge < -0.3 is 15.4 Å². The molecule has 1 aliphatic rings. The maximum atomic E-state index is 13.1. The summed E-state index contributed by atoms with van der Waals surface area (Å²) in [5, 5.41) is 0. The lowest BCUT2D eigenvalue weighted by Gasteiger charge is -2.33. The molecule has 1 saturated heterocycles. The van der Waals surface area contributed by atoms with Gasteiger partial charge in [-0.3, -0.25) is 9.59 Å². The van der Waals surface area contributed by atoms with E-state index >= 15 is 0 Å². The molecule has 5 heteroatoms. The molecule has 3 aromatic rings. The zero-order chi connectivity index (χ0) is 20.9. The Bertz CT molecular complexity index is 1030. The molecular formula is C25H24N2O3. The maximum absolute atomic E-state index is 13.1. The van der Waals surface area contributed by atoms with Crippen molar-refractivity contribution < 1.29 is 14.3 Å². The van der Waals surface area contributed by atoms with Gasteiger partial charge in [0.25, 0.3) is 5.91 Å². The van der Waals surface area contributed by atoms with Crippen molar-refractivity contribution in [2.45, 2.75) is 18.8 Å². The number of primary amides is 1. The molecule has 5 nitrogen and oxygen atoms in total. The van der Waals surface area contributed by atoms with Crippen molar-refractivity contribution >= 4 is 11.8 Å². The smallest absolute Gasteiger partial charge is 0.254 e. The Kier molecular flexibility index (Phi) is 5.80. The minimum absolute atomic E-state index is 0.0187. The summed E-state index contributed by atoms with van der Waals surface area (Å²) in [6.07, 6.45) is 2.09.